The van der Waals surface area contributed by atoms with E-state index >= 15 is 0 Å². The smallest absolute Gasteiger partial charge is 0.244 e. The molecule has 0 rings (SSSR count). The van der Waals surface area contributed by atoms with Crippen molar-refractivity contribution in [3.05, 3.63) is 0 Å². The zero-order valence-electron chi connectivity index (χ0n) is 12.1. The highest BCUT2D eigenvalue weighted by Crippen LogP contribution is 2.31. The van der Waals surface area contributed by atoms with Gasteiger partial charge in [0, 0.05) is 23.9 Å². The van der Waals surface area contributed by atoms with Crippen molar-refractivity contribution < 1.29 is 4.48 Å². The molecule has 0 aromatic carbocycles. The third kappa shape index (κ3) is 4.96. The molecule has 0 radical (unpaired) electrons. The Balaban J connectivity index is 4.45. The molecule has 0 fully saturated rings. The second-order valence-corrected chi connectivity index (χ2v) is 7.36. The van der Waals surface area contributed by atoms with Gasteiger partial charge in [0.25, 0.3) is 0 Å². The number of hydrogen-bond donors (Lipinski definition) is 0. The minimum Gasteiger partial charge on any atom is -0.357 e. The van der Waals surface area contributed by atoms with Gasteiger partial charge in [-0.3, -0.25) is 4.48 Å². The molecule has 0 bridgehead atoms. The Labute approximate surface area is 131 Å². The van der Waals surface area contributed by atoms with Gasteiger partial charge < -0.3 is 4.90 Å². The van der Waals surface area contributed by atoms with Crippen LogP contribution in [0.15, 0.2) is 0 Å². The van der Waals surface area contributed by atoms with Crippen molar-refractivity contribution in [3.8, 4) is 0 Å². The molecule has 0 amide bonds. The molecule has 0 aliphatic heterocycles. The number of rotatable bonds is 5. The van der Waals surface area contributed by atoms with Crippen molar-refractivity contribution in [1.82, 2.24) is 4.90 Å². The molecule has 0 aromatic heterocycles. The Morgan fingerprint density at radius 1 is 0.889 bits per heavy atom. The van der Waals surface area contributed by atoms with Crippen LogP contribution >= 0.6 is 46.0 Å². The topological polar surface area (TPSA) is 3.24 Å². The Morgan fingerprint density at radius 2 is 1.33 bits per heavy atom. The summed E-state index contributed by atoms with van der Waals surface area (Å²) in [4.78, 5) is 2.19. The summed E-state index contributed by atoms with van der Waals surface area (Å²) < 4.78 is 2.88. The Bertz CT molecular complexity index is 265. The second kappa shape index (κ2) is 9.53. The second-order valence-electron chi connectivity index (χ2n) is 3.96. The van der Waals surface area contributed by atoms with Crippen molar-refractivity contribution in [1.29, 1.82) is 0 Å². The van der Waals surface area contributed by atoms with Gasteiger partial charge in [-0.05, 0) is 57.6 Å². The maximum absolute atomic E-state index is 5.60. The van der Waals surface area contributed by atoms with E-state index in [4.69, 9.17) is 24.4 Å². The summed E-state index contributed by atoms with van der Waals surface area (Å²) in [6.07, 6.45) is 0. The largest absolute Gasteiger partial charge is 0.357 e. The fourth-order valence-electron chi connectivity index (χ4n) is 1.74. The van der Waals surface area contributed by atoms with E-state index in [2.05, 4.69) is 39.5 Å². The molecule has 0 heterocycles. The molecular formula is C12H25N2S4+. The van der Waals surface area contributed by atoms with E-state index < -0.39 is 0 Å². The minimum absolute atomic E-state index is 0.897. The van der Waals surface area contributed by atoms with E-state index in [-0.39, 0.29) is 0 Å². The van der Waals surface area contributed by atoms with Crippen LogP contribution in [-0.2, 0) is 0 Å². The first kappa shape index (κ1) is 18.6. The van der Waals surface area contributed by atoms with Gasteiger partial charge in [0.2, 0.25) is 4.32 Å². The molecule has 106 valence electrons. The maximum atomic E-state index is 5.60. The molecule has 18 heavy (non-hydrogen) atoms. The third-order valence-electron chi connectivity index (χ3n) is 3.41. The van der Waals surface area contributed by atoms with Gasteiger partial charge in [-0.1, -0.05) is 12.2 Å². The van der Waals surface area contributed by atoms with Gasteiger partial charge in [-0.15, -0.1) is 0 Å². The lowest BCUT2D eigenvalue weighted by Gasteiger charge is -2.34. The molecule has 0 saturated heterocycles. The first-order valence-corrected chi connectivity index (χ1v) is 9.51. The van der Waals surface area contributed by atoms with Crippen molar-refractivity contribution in [2.45, 2.75) is 34.6 Å². The van der Waals surface area contributed by atoms with Crippen LogP contribution < -0.4 is 0 Å². The summed E-state index contributed by atoms with van der Waals surface area (Å²) >= 11 is 11.0. The Hall–Kier alpha value is 0.640. The summed E-state index contributed by atoms with van der Waals surface area (Å²) in [5, 5.41) is 0. The SMILES string of the molecule is CCN(CC)C(=S)SSC(=S)[N+](CC)(CC)CC. The predicted molar refractivity (Wildman–Crippen MR) is 95.2 cm³/mol. The normalized spacial score (nSPS) is 11.4. The van der Waals surface area contributed by atoms with E-state index in [0.29, 0.717) is 0 Å². The Morgan fingerprint density at radius 3 is 1.67 bits per heavy atom. The fraction of sp³-hybridized carbons (Fsp3) is 0.833. The highest BCUT2D eigenvalue weighted by Gasteiger charge is 2.28. The zero-order chi connectivity index (χ0) is 14.2. The average Bonchev–Trinajstić information content (AvgIpc) is 2.40. The minimum atomic E-state index is 0.897. The maximum Gasteiger partial charge on any atom is 0.244 e. The van der Waals surface area contributed by atoms with Crippen LogP contribution in [0, 0.1) is 0 Å². The van der Waals surface area contributed by atoms with E-state index in [9.17, 15) is 0 Å². The molecule has 0 aromatic rings. The van der Waals surface area contributed by atoms with Crippen LogP contribution in [0.5, 0.6) is 0 Å². The molecule has 0 spiro atoms. The molecule has 0 unspecified atom stereocenters. The van der Waals surface area contributed by atoms with Crippen LogP contribution in [0.2, 0.25) is 0 Å². The monoisotopic (exact) mass is 325 g/mol. The number of nitrogens with zero attached hydrogens (tertiary/aromatic N) is 2. The highest BCUT2D eigenvalue weighted by atomic mass is 33.1. The lowest BCUT2D eigenvalue weighted by atomic mass is 10.4. The quantitative estimate of drug-likeness (QED) is 0.423. The standard InChI is InChI=1S/C12H25N2S4/c1-6-13(7-2)11(15)17-18-12(16)14(8-3,9-4)10-5/h6-10H2,1-5H3/q+1. The van der Waals surface area contributed by atoms with Crippen LogP contribution in [0.1, 0.15) is 34.6 Å². The predicted octanol–water partition coefficient (Wildman–Crippen LogP) is 4.16. The van der Waals surface area contributed by atoms with E-state index in [1.807, 2.05) is 0 Å². The first-order valence-electron chi connectivity index (χ1n) is 6.55. The van der Waals surface area contributed by atoms with Gasteiger partial charge in [0.05, 0.1) is 19.6 Å². The Kier molecular flexibility index (Phi) is 9.87. The number of hydrogen-bond acceptors (Lipinski definition) is 4. The summed E-state index contributed by atoms with van der Waals surface area (Å²) in [6, 6.07) is 0. The van der Waals surface area contributed by atoms with Gasteiger partial charge in [0.15, 0.2) is 0 Å². The van der Waals surface area contributed by atoms with Gasteiger partial charge in [-0.25, -0.2) is 0 Å². The molecule has 0 saturated carbocycles. The van der Waals surface area contributed by atoms with E-state index in [1.165, 1.54) is 0 Å². The summed E-state index contributed by atoms with van der Waals surface area (Å²) in [6.45, 7) is 15.9. The van der Waals surface area contributed by atoms with Crippen LogP contribution in [0.4, 0.5) is 0 Å². The number of thiocarbonyl (C=S) groups is 2. The van der Waals surface area contributed by atoms with Crippen molar-refractivity contribution in [3.63, 3.8) is 0 Å². The van der Waals surface area contributed by atoms with Crippen molar-refractivity contribution in [2.75, 3.05) is 32.7 Å². The highest BCUT2D eigenvalue weighted by molar-refractivity contribution is 8.89. The zero-order valence-corrected chi connectivity index (χ0v) is 15.3. The molecule has 0 aliphatic carbocycles. The van der Waals surface area contributed by atoms with E-state index in [0.717, 1.165) is 45.8 Å². The van der Waals surface area contributed by atoms with Crippen LogP contribution in [0.3, 0.4) is 0 Å². The molecule has 0 aliphatic rings. The first-order chi connectivity index (χ1) is 8.51. The molecule has 2 nitrogen and oxygen atoms in total. The molecule has 0 N–H and O–H groups in total. The van der Waals surface area contributed by atoms with Crippen molar-refractivity contribution in [2.24, 2.45) is 0 Å². The van der Waals surface area contributed by atoms with Crippen LogP contribution in [-0.4, -0.2) is 50.7 Å². The summed E-state index contributed by atoms with van der Waals surface area (Å²) in [5.74, 6) is 0. The van der Waals surface area contributed by atoms with Crippen LogP contribution in [0.25, 0.3) is 0 Å². The van der Waals surface area contributed by atoms with Gasteiger partial charge in [0.1, 0.15) is 4.32 Å². The van der Waals surface area contributed by atoms with Gasteiger partial charge in [-0.2, -0.15) is 0 Å². The van der Waals surface area contributed by atoms with E-state index in [1.54, 1.807) is 21.6 Å². The summed E-state index contributed by atoms with van der Waals surface area (Å²) in [7, 11) is 3.29. The average molecular weight is 326 g/mol. The van der Waals surface area contributed by atoms with Crippen molar-refractivity contribution >= 4 is 54.7 Å². The molecular weight excluding hydrogens is 300 g/mol. The lowest BCUT2D eigenvalue weighted by Crippen LogP contribution is -2.50. The third-order valence-corrected chi connectivity index (χ3v) is 7.40. The summed E-state index contributed by atoms with van der Waals surface area (Å²) in [5.41, 5.74) is 0. The molecule has 6 heteroatoms. The van der Waals surface area contributed by atoms with Gasteiger partial charge >= 0.3 is 0 Å². The number of quaternary nitrogens is 1. The molecule has 0 atom stereocenters. The fourth-order valence-corrected chi connectivity index (χ4v) is 5.27. The lowest BCUT2D eigenvalue weighted by molar-refractivity contribution is -0.829.